The fourth-order valence-electron chi connectivity index (χ4n) is 3.42. The standard InChI is InChI=1S/C23H22N2O4S2/c1-28-17-9-10-19(20(12-17)29-2)25-22(27)14-31-23(25)15-5-7-16(8-6-15)24-21(26)13-18-4-3-11-30-18/h3-12,23H,13-14H2,1-2H3,(H,24,26). The summed E-state index contributed by atoms with van der Waals surface area (Å²) in [7, 11) is 3.17. The number of hydrogen-bond acceptors (Lipinski definition) is 6. The van der Waals surface area contributed by atoms with Gasteiger partial charge in [0.15, 0.2) is 0 Å². The molecule has 0 aliphatic carbocycles. The van der Waals surface area contributed by atoms with E-state index in [0.29, 0.717) is 29.4 Å². The highest BCUT2D eigenvalue weighted by atomic mass is 32.2. The monoisotopic (exact) mass is 454 g/mol. The molecule has 1 aliphatic heterocycles. The molecule has 1 aliphatic rings. The van der Waals surface area contributed by atoms with Crippen molar-refractivity contribution in [1.29, 1.82) is 0 Å². The van der Waals surface area contributed by atoms with Crippen molar-refractivity contribution in [2.75, 3.05) is 30.2 Å². The quantitative estimate of drug-likeness (QED) is 0.559. The second-order valence-corrected chi connectivity index (χ2v) is 8.99. The lowest BCUT2D eigenvalue weighted by Crippen LogP contribution is -2.28. The second kappa shape index (κ2) is 9.45. The lowest BCUT2D eigenvalue weighted by Gasteiger charge is -2.26. The van der Waals surface area contributed by atoms with Gasteiger partial charge in [0.25, 0.3) is 0 Å². The van der Waals surface area contributed by atoms with Crippen LogP contribution in [0.5, 0.6) is 11.5 Å². The number of anilines is 2. The van der Waals surface area contributed by atoms with Crippen LogP contribution in [0.25, 0.3) is 0 Å². The molecule has 2 aromatic carbocycles. The Hall–Kier alpha value is -2.97. The zero-order valence-electron chi connectivity index (χ0n) is 17.2. The summed E-state index contributed by atoms with van der Waals surface area (Å²) < 4.78 is 10.8. The van der Waals surface area contributed by atoms with Gasteiger partial charge in [-0.3, -0.25) is 14.5 Å². The first-order chi connectivity index (χ1) is 15.1. The van der Waals surface area contributed by atoms with Crippen molar-refractivity contribution in [3.05, 3.63) is 70.4 Å². The Labute approximate surface area is 189 Å². The predicted octanol–water partition coefficient (Wildman–Crippen LogP) is 4.73. The van der Waals surface area contributed by atoms with Gasteiger partial charge in [0.05, 0.1) is 32.1 Å². The van der Waals surface area contributed by atoms with Crippen molar-refractivity contribution in [3.63, 3.8) is 0 Å². The van der Waals surface area contributed by atoms with E-state index in [9.17, 15) is 9.59 Å². The highest BCUT2D eigenvalue weighted by Crippen LogP contribution is 2.45. The van der Waals surface area contributed by atoms with Crippen molar-refractivity contribution in [2.45, 2.75) is 11.8 Å². The number of nitrogens with zero attached hydrogens (tertiary/aromatic N) is 1. The van der Waals surface area contributed by atoms with E-state index in [0.717, 1.165) is 16.1 Å². The zero-order chi connectivity index (χ0) is 21.8. The molecule has 0 saturated carbocycles. The summed E-state index contributed by atoms with van der Waals surface area (Å²) in [6.45, 7) is 0. The summed E-state index contributed by atoms with van der Waals surface area (Å²) in [5.41, 5.74) is 2.41. The first-order valence-electron chi connectivity index (χ1n) is 9.67. The van der Waals surface area contributed by atoms with Gasteiger partial charge in [-0.05, 0) is 41.3 Å². The molecule has 1 unspecified atom stereocenters. The van der Waals surface area contributed by atoms with Crippen LogP contribution in [0.1, 0.15) is 15.8 Å². The van der Waals surface area contributed by atoms with E-state index in [1.807, 2.05) is 53.9 Å². The van der Waals surface area contributed by atoms with E-state index in [4.69, 9.17) is 9.47 Å². The van der Waals surface area contributed by atoms with E-state index < -0.39 is 0 Å². The number of carbonyl (C=O) groups is 2. The van der Waals surface area contributed by atoms with Crippen molar-refractivity contribution < 1.29 is 19.1 Å². The molecule has 31 heavy (non-hydrogen) atoms. The molecule has 0 bridgehead atoms. The summed E-state index contributed by atoms with van der Waals surface area (Å²) >= 11 is 3.13. The number of ether oxygens (including phenoxy) is 2. The number of rotatable bonds is 7. The Morgan fingerprint density at radius 1 is 1.13 bits per heavy atom. The van der Waals surface area contributed by atoms with Gasteiger partial charge in [-0.1, -0.05) is 18.2 Å². The second-order valence-electron chi connectivity index (χ2n) is 6.89. The fourth-order valence-corrected chi connectivity index (χ4v) is 5.30. The predicted molar refractivity (Wildman–Crippen MR) is 125 cm³/mol. The molecule has 0 spiro atoms. The van der Waals surface area contributed by atoms with Gasteiger partial charge in [0.2, 0.25) is 11.8 Å². The Bertz CT molecular complexity index is 1070. The van der Waals surface area contributed by atoms with Crippen LogP contribution in [0, 0.1) is 0 Å². The minimum absolute atomic E-state index is 0.0202. The Balaban J connectivity index is 1.52. The summed E-state index contributed by atoms with van der Waals surface area (Å²) in [6, 6.07) is 16.9. The molecule has 0 radical (unpaired) electrons. The smallest absolute Gasteiger partial charge is 0.238 e. The maximum Gasteiger partial charge on any atom is 0.238 e. The van der Waals surface area contributed by atoms with Crippen LogP contribution in [0.4, 0.5) is 11.4 Å². The van der Waals surface area contributed by atoms with Crippen molar-refractivity contribution >= 4 is 46.3 Å². The molecular weight excluding hydrogens is 432 g/mol. The average Bonchev–Trinajstić information content (AvgIpc) is 3.43. The third-order valence-corrected chi connectivity index (χ3v) is 7.00. The van der Waals surface area contributed by atoms with Gasteiger partial charge < -0.3 is 14.8 Å². The maximum absolute atomic E-state index is 12.7. The minimum Gasteiger partial charge on any atom is -0.497 e. The third-order valence-electron chi connectivity index (χ3n) is 4.91. The number of thioether (sulfide) groups is 1. The Kier molecular flexibility index (Phi) is 6.48. The summed E-state index contributed by atoms with van der Waals surface area (Å²) in [5, 5.41) is 4.71. The lowest BCUT2D eigenvalue weighted by molar-refractivity contribution is -0.116. The first-order valence-corrected chi connectivity index (χ1v) is 11.6. The molecule has 1 fully saturated rings. The zero-order valence-corrected chi connectivity index (χ0v) is 18.8. The molecule has 4 rings (SSSR count). The number of thiophene rings is 1. The SMILES string of the molecule is COc1ccc(N2C(=O)CSC2c2ccc(NC(=O)Cc3cccs3)cc2)c(OC)c1. The van der Waals surface area contributed by atoms with E-state index in [1.54, 1.807) is 48.3 Å². The van der Waals surface area contributed by atoms with Gasteiger partial charge >= 0.3 is 0 Å². The van der Waals surface area contributed by atoms with Crippen LogP contribution >= 0.6 is 23.1 Å². The molecule has 2 heterocycles. The Morgan fingerprint density at radius 3 is 2.61 bits per heavy atom. The molecular formula is C23H22N2O4S2. The molecule has 1 atom stereocenters. The molecule has 160 valence electrons. The minimum atomic E-state index is -0.175. The van der Waals surface area contributed by atoms with Crippen LogP contribution < -0.4 is 19.7 Å². The molecule has 3 aromatic rings. The van der Waals surface area contributed by atoms with Crippen molar-refractivity contribution in [1.82, 2.24) is 0 Å². The largest absolute Gasteiger partial charge is 0.497 e. The summed E-state index contributed by atoms with van der Waals surface area (Å²) in [4.78, 5) is 27.7. The van der Waals surface area contributed by atoms with Gasteiger partial charge in [0.1, 0.15) is 16.9 Å². The fraction of sp³-hybridized carbons (Fsp3) is 0.217. The molecule has 1 N–H and O–H groups in total. The van der Waals surface area contributed by atoms with Gasteiger partial charge in [-0.2, -0.15) is 0 Å². The van der Waals surface area contributed by atoms with Gasteiger partial charge in [-0.15, -0.1) is 23.1 Å². The first kappa shape index (κ1) is 21.3. The van der Waals surface area contributed by atoms with Gasteiger partial charge in [0, 0.05) is 16.6 Å². The van der Waals surface area contributed by atoms with E-state index in [1.165, 1.54) is 0 Å². The van der Waals surface area contributed by atoms with Crippen LogP contribution in [-0.2, 0) is 16.0 Å². The van der Waals surface area contributed by atoms with Crippen LogP contribution in [0.15, 0.2) is 60.0 Å². The highest BCUT2D eigenvalue weighted by molar-refractivity contribution is 8.00. The third kappa shape index (κ3) is 4.70. The molecule has 1 saturated heterocycles. The molecule has 8 heteroatoms. The number of amides is 2. The Morgan fingerprint density at radius 2 is 1.94 bits per heavy atom. The number of methoxy groups -OCH3 is 2. The maximum atomic E-state index is 12.7. The van der Waals surface area contributed by atoms with Crippen LogP contribution in [0.3, 0.4) is 0 Å². The molecule has 6 nitrogen and oxygen atoms in total. The van der Waals surface area contributed by atoms with Crippen LogP contribution in [0.2, 0.25) is 0 Å². The summed E-state index contributed by atoms with van der Waals surface area (Å²) in [6.07, 6.45) is 0.359. The molecule has 1 aromatic heterocycles. The summed E-state index contributed by atoms with van der Waals surface area (Å²) in [5.74, 6) is 1.60. The normalized spacial score (nSPS) is 15.7. The van der Waals surface area contributed by atoms with Crippen molar-refractivity contribution in [2.24, 2.45) is 0 Å². The van der Waals surface area contributed by atoms with E-state index >= 15 is 0 Å². The van der Waals surface area contributed by atoms with Crippen LogP contribution in [-0.4, -0.2) is 31.8 Å². The highest BCUT2D eigenvalue weighted by Gasteiger charge is 2.35. The van der Waals surface area contributed by atoms with Gasteiger partial charge in [-0.25, -0.2) is 0 Å². The number of hydrogen-bond donors (Lipinski definition) is 1. The van der Waals surface area contributed by atoms with Crippen molar-refractivity contribution in [3.8, 4) is 11.5 Å². The van der Waals surface area contributed by atoms with E-state index in [-0.39, 0.29) is 17.2 Å². The number of benzene rings is 2. The lowest BCUT2D eigenvalue weighted by atomic mass is 10.1. The van der Waals surface area contributed by atoms with E-state index in [2.05, 4.69) is 5.32 Å². The molecule has 2 amide bonds. The number of nitrogens with one attached hydrogen (secondary N) is 1. The average molecular weight is 455 g/mol. The topological polar surface area (TPSA) is 67.9 Å². The number of carbonyl (C=O) groups excluding carboxylic acids is 2.